The molecule has 6 nitrogen and oxygen atoms in total. The number of rotatable bonds is 4. The van der Waals surface area contributed by atoms with Crippen LogP contribution in [0.5, 0.6) is 0 Å². The number of hydrogen-bond donors (Lipinski definition) is 3. The Morgan fingerprint density at radius 2 is 2.22 bits per heavy atom. The molecule has 0 aromatic carbocycles. The normalized spacial score (nSPS) is 24.7. The van der Waals surface area contributed by atoms with Crippen LogP contribution in [0.4, 0.5) is 0 Å². The molecule has 0 spiro atoms. The number of nitrogens with zero attached hydrogens (tertiary/aromatic N) is 1. The zero-order valence-corrected chi connectivity index (χ0v) is 10.2. The van der Waals surface area contributed by atoms with E-state index in [1.165, 1.54) is 0 Å². The van der Waals surface area contributed by atoms with E-state index in [2.05, 4.69) is 15.3 Å². The summed E-state index contributed by atoms with van der Waals surface area (Å²) in [5.41, 5.74) is 0. The van der Waals surface area contributed by atoms with Crippen LogP contribution >= 0.6 is 0 Å². The quantitative estimate of drug-likeness (QED) is 0.746. The van der Waals surface area contributed by atoms with Crippen LogP contribution in [0.25, 0.3) is 0 Å². The van der Waals surface area contributed by atoms with Gasteiger partial charge in [0.05, 0.1) is 12.0 Å². The van der Waals surface area contributed by atoms with E-state index in [1.807, 2.05) is 6.92 Å². The average Bonchev–Trinajstić information content (AvgIpc) is 3.00. The molecule has 1 aliphatic carbocycles. The number of nitrogens with one attached hydrogen (secondary N) is 2. The van der Waals surface area contributed by atoms with Crippen molar-refractivity contribution in [2.75, 3.05) is 0 Å². The van der Waals surface area contributed by atoms with E-state index in [4.69, 9.17) is 5.11 Å². The van der Waals surface area contributed by atoms with E-state index in [0.29, 0.717) is 25.1 Å². The molecule has 0 bridgehead atoms. The van der Waals surface area contributed by atoms with Crippen LogP contribution in [-0.2, 0) is 9.59 Å². The van der Waals surface area contributed by atoms with E-state index in [1.54, 1.807) is 12.4 Å². The highest BCUT2D eigenvalue weighted by Crippen LogP contribution is 2.31. The molecule has 98 valence electrons. The molecule has 3 atom stereocenters. The summed E-state index contributed by atoms with van der Waals surface area (Å²) in [6, 6.07) is -0.184. The van der Waals surface area contributed by atoms with Gasteiger partial charge in [-0.05, 0) is 26.2 Å². The number of H-pyrrole nitrogens is 1. The number of aliphatic carboxylic acids is 1. The molecule has 1 aliphatic rings. The first-order valence-electron chi connectivity index (χ1n) is 6.10. The summed E-state index contributed by atoms with van der Waals surface area (Å²) >= 11 is 0. The van der Waals surface area contributed by atoms with E-state index >= 15 is 0 Å². The predicted molar refractivity (Wildman–Crippen MR) is 63.6 cm³/mol. The Labute approximate surface area is 105 Å². The Bertz CT molecular complexity index is 430. The molecular weight excluding hydrogens is 234 g/mol. The van der Waals surface area contributed by atoms with E-state index in [-0.39, 0.29) is 23.8 Å². The second-order valence-corrected chi connectivity index (χ2v) is 4.75. The Balaban J connectivity index is 1.87. The van der Waals surface area contributed by atoms with Crippen LogP contribution in [-0.4, -0.2) is 27.0 Å². The molecule has 1 aromatic heterocycles. The van der Waals surface area contributed by atoms with Crippen LogP contribution in [0.3, 0.4) is 0 Å². The molecule has 0 aliphatic heterocycles. The molecule has 0 radical (unpaired) electrons. The maximum atomic E-state index is 12.0. The van der Waals surface area contributed by atoms with Crippen molar-refractivity contribution < 1.29 is 14.7 Å². The number of carbonyl (C=O) groups is 2. The molecule has 3 unspecified atom stereocenters. The van der Waals surface area contributed by atoms with Gasteiger partial charge in [-0.15, -0.1) is 0 Å². The fraction of sp³-hybridized carbons (Fsp3) is 0.583. The van der Waals surface area contributed by atoms with E-state index < -0.39 is 5.97 Å². The number of carbonyl (C=O) groups excluding carboxylic acids is 1. The lowest BCUT2D eigenvalue weighted by Crippen LogP contribution is -2.32. The third-order valence-corrected chi connectivity index (χ3v) is 3.44. The minimum absolute atomic E-state index is 0.0809. The molecule has 0 saturated heterocycles. The standard InChI is InChI=1S/C12H17N3O3/c1-7(10-13-4-5-14-10)15-11(16)8-2-3-9(6-8)12(17)18/h4-5,7-9H,2-3,6H2,1H3,(H,13,14)(H,15,16)(H,17,18). The van der Waals surface area contributed by atoms with Crippen LogP contribution in [0.1, 0.15) is 38.1 Å². The lowest BCUT2D eigenvalue weighted by atomic mass is 10.0. The van der Waals surface area contributed by atoms with Crippen LogP contribution < -0.4 is 5.32 Å². The van der Waals surface area contributed by atoms with E-state index in [0.717, 1.165) is 0 Å². The first-order chi connectivity index (χ1) is 8.58. The van der Waals surface area contributed by atoms with Gasteiger partial charge in [0.2, 0.25) is 5.91 Å². The van der Waals surface area contributed by atoms with Gasteiger partial charge in [0, 0.05) is 18.3 Å². The second-order valence-electron chi connectivity index (χ2n) is 4.75. The molecule has 1 saturated carbocycles. The highest BCUT2D eigenvalue weighted by molar-refractivity contribution is 5.81. The lowest BCUT2D eigenvalue weighted by molar-refractivity contribution is -0.141. The molecule has 18 heavy (non-hydrogen) atoms. The van der Waals surface area contributed by atoms with Crippen molar-refractivity contribution >= 4 is 11.9 Å². The number of hydrogen-bond acceptors (Lipinski definition) is 3. The van der Waals surface area contributed by atoms with Crippen LogP contribution in [0.2, 0.25) is 0 Å². The van der Waals surface area contributed by atoms with Gasteiger partial charge in [0.1, 0.15) is 5.82 Å². The summed E-state index contributed by atoms with van der Waals surface area (Å²) in [7, 11) is 0. The topological polar surface area (TPSA) is 95.1 Å². The minimum atomic E-state index is -0.801. The Morgan fingerprint density at radius 3 is 2.78 bits per heavy atom. The zero-order valence-electron chi connectivity index (χ0n) is 10.2. The maximum absolute atomic E-state index is 12.0. The maximum Gasteiger partial charge on any atom is 0.306 e. The third kappa shape index (κ3) is 2.69. The molecule has 1 heterocycles. The largest absolute Gasteiger partial charge is 0.481 e. The molecule has 3 N–H and O–H groups in total. The lowest BCUT2D eigenvalue weighted by Gasteiger charge is -2.15. The van der Waals surface area contributed by atoms with Crippen molar-refractivity contribution in [1.29, 1.82) is 0 Å². The first-order valence-corrected chi connectivity index (χ1v) is 6.10. The monoisotopic (exact) mass is 251 g/mol. The highest BCUT2D eigenvalue weighted by atomic mass is 16.4. The number of imidazole rings is 1. The summed E-state index contributed by atoms with van der Waals surface area (Å²) < 4.78 is 0. The zero-order chi connectivity index (χ0) is 13.1. The van der Waals surface area contributed by atoms with Crippen molar-refractivity contribution in [2.45, 2.75) is 32.2 Å². The van der Waals surface area contributed by atoms with Crippen LogP contribution in [0, 0.1) is 11.8 Å². The van der Waals surface area contributed by atoms with Gasteiger partial charge in [0.15, 0.2) is 0 Å². The molecule has 1 aromatic rings. The van der Waals surface area contributed by atoms with Crippen molar-refractivity contribution in [3.63, 3.8) is 0 Å². The number of carboxylic acids is 1. The Morgan fingerprint density at radius 1 is 1.50 bits per heavy atom. The SMILES string of the molecule is CC(NC(=O)C1CCC(C(=O)O)C1)c1ncc[nH]1. The highest BCUT2D eigenvalue weighted by Gasteiger charge is 2.34. The Kier molecular flexibility index (Phi) is 3.64. The van der Waals surface area contributed by atoms with Crippen molar-refractivity contribution in [3.05, 3.63) is 18.2 Å². The summed E-state index contributed by atoms with van der Waals surface area (Å²) in [5.74, 6) is -0.744. The van der Waals surface area contributed by atoms with Crippen LogP contribution in [0.15, 0.2) is 12.4 Å². The number of amides is 1. The first kappa shape index (κ1) is 12.6. The number of aromatic amines is 1. The van der Waals surface area contributed by atoms with Gasteiger partial charge in [-0.2, -0.15) is 0 Å². The van der Waals surface area contributed by atoms with Gasteiger partial charge in [-0.3, -0.25) is 9.59 Å². The number of carboxylic acid groups (broad SMARTS) is 1. The molecule has 1 fully saturated rings. The summed E-state index contributed by atoms with van der Waals surface area (Å²) in [5, 5.41) is 11.8. The predicted octanol–water partition coefficient (Wildman–Crippen LogP) is 1.09. The van der Waals surface area contributed by atoms with Gasteiger partial charge in [-0.1, -0.05) is 0 Å². The fourth-order valence-electron chi connectivity index (χ4n) is 2.36. The number of aromatic nitrogens is 2. The van der Waals surface area contributed by atoms with Gasteiger partial charge < -0.3 is 15.4 Å². The van der Waals surface area contributed by atoms with Crippen molar-refractivity contribution in [1.82, 2.24) is 15.3 Å². The Hall–Kier alpha value is -1.85. The molecular formula is C12H17N3O3. The van der Waals surface area contributed by atoms with Crippen molar-refractivity contribution in [3.8, 4) is 0 Å². The summed E-state index contributed by atoms with van der Waals surface area (Å²) in [6.07, 6.45) is 5.00. The van der Waals surface area contributed by atoms with Crippen molar-refractivity contribution in [2.24, 2.45) is 11.8 Å². The summed E-state index contributed by atoms with van der Waals surface area (Å²) in [6.45, 7) is 1.85. The smallest absolute Gasteiger partial charge is 0.306 e. The third-order valence-electron chi connectivity index (χ3n) is 3.44. The molecule has 6 heteroatoms. The fourth-order valence-corrected chi connectivity index (χ4v) is 2.36. The van der Waals surface area contributed by atoms with Gasteiger partial charge in [0.25, 0.3) is 0 Å². The molecule has 1 amide bonds. The second kappa shape index (κ2) is 5.20. The van der Waals surface area contributed by atoms with Gasteiger partial charge in [-0.25, -0.2) is 4.98 Å². The summed E-state index contributed by atoms with van der Waals surface area (Å²) in [4.78, 5) is 29.8. The minimum Gasteiger partial charge on any atom is -0.481 e. The van der Waals surface area contributed by atoms with Gasteiger partial charge >= 0.3 is 5.97 Å². The average molecular weight is 251 g/mol. The molecule has 2 rings (SSSR count). The van der Waals surface area contributed by atoms with E-state index in [9.17, 15) is 9.59 Å².